The number of fused-ring (bicyclic) bond motifs is 2. The van der Waals surface area contributed by atoms with Gasteiger partial charge in [-0.3, -0.25) is 0 Å². The molecule has 1 saturated carbocycles. The molecule has 9 nitrogen and oxygen atoms in total. The summed E-state index contributed by atoms with van der Waals surface area (Å²) in [5.74, 6) is 1.40. The molecule has 0 unspecified atom stereocenters. The predicted molar refractivity (Wildman–Crippen MR) is 137 cm³/mol. The van der Waals surface area contributed by atoms with Gasteiger partial charge in [-0.25, -0.2) is 14.4 Å². The maximum atomic E-state index is 15.5. The van der Waals surface area contributed by atoms with Crippen molar-refractivity contribution < 1.29 is 19.0 Å². The van der Waals surface area contributed by atoms with Crippen molar-refractivity contribution in [2.45, 2.75) is 68.9 Å². The Morgan fingerprint density at radius 2 is 1.86 bits per heavy atom. The van der Waals surface area contributed by atoms with E-state index in [1.165, 1.54) is 7.11 Å². The number of alkyl halides is 1. The standard InChI is InChI=1S/C27H31FN6O3/c1-36-24-11-16(13-29-26(24)37-2)15-6-9-19(23(35)10-15)21-14-30-27(33-32-21)34(18-7-8-18)22-12-17-4-3-5-20(31-17)25(22)28/h6,9-11,13-14,17-18,20,22,25,31,35H,3-5,7-8,12H2,1-2H3/t17-,20-,22-,25+/m0/s1. The van der Waals surface area contributed by atoms with Gasteiger partial charge < -0.3 is 24.8 Å². The number of nitrogens with one attached hydrogen (secondary N) is 1. The van der Waals surface area contributed by atoms with Crippen LogP contribution in [0.2, 0.25) is 0 Å². The largest absolute Gasteiger partial charge is 0.507 e. The van der Waals surface area contributed by atoms with Crippen LogP contribution in [0, 0.1) is 0 Å². The number of halogens is 1. The summed E-state index contributed by atoms with van der Waals surface area (Å²) in [5, 5.41) is 23.1. The molecule has 1 aliphatic carbocycles. The van der Waals surface area contributed by atoms with E-state index in [4.69, 9.17) is 9.47 Å². The zero-order valence-electron chi connectivity index (χ0n) is 21.0. The van der Waals surface area contributed by atoms with Gasteiger partial charge in [-0.2, -0.15) is 0 Å². The number of aromatic nitrogens is 4. The van der Waals surface area contributed by atoms with Crippen molar-refractivity contribution in [1.29, 1.82) is 0 Å². The number of phenols is 1. The third-order valence-corrected chi connectivity index (χ3v) is 7.71. The minimum Gasteiger partial charge on any atom is -0.507 e. The molecule has 4 atom stereocenters. The number of hydrogen-bond donors (Lipinski definition) is 2. The fourth-order valence-corrected chi connectivity index (χ4v) is 5.71. The molecule has 3 fully saturated rings. The van der Waals surface area contributed by atoms with Crippen LogP contribution in [0.3, 0.4) is 0 Å². The van der Waals surface area contributed by atoms with Crippen molar-refractivity contribution in [3.05, 3.63) is 36.7 Å². The first-order valence-corrected chi connectivity index (χ1v) is 12.9. The molecule has 194 valence electrons. The number of piperidine rings is 2. The van der Waals surface area contributed by atoms with Crippen molar-refractivity contribution in [3.8, 4) is 39.8 Å². The van der Waals surface area contributed by atoms with E-state index in [0.29, 0.717) is 34.9 Å². The molecule has 2 aliphatic heterocycles. The average molecular weight is 507 g/mol. The van der Waals surface area contributed by atoms with Gasteiger partial charge in [0.05, 0.1) is 26.5 Å². The van der Waals surface area contributed by atoms with Gasteiger partial charge in [-0.05, 0) is 55.9 Å². The topological polar surface area (TPSA) is 106 Å². The molecule has 10 heteroatoms. The number of anilines is 1. The second-order valence-electron chi connectivity index (χ2n) is 10.1. The first-order valence-electron chi connectivity index (χ1n) is 12.9. The lowest BCUT2D eigenvalue weighted by atomic mass is 9.82. The highest BCUT2D eigenvalue weighted by atomic mass is 19.1. The summed E-state index contributed by atoms with van der Waals surface area (Å²) in [5.41, 5.74) is 2.50. The van der Waals surface area contributed by atoms with Crippen LogP contribution in [-0.2, 0) is 0 Å². The first-order chi connectivity index (χ1) is 18.1. The maximum Gasteiger partial charge on any atom is 0.256 e. The third kappa shape index (κ3) is 4.54. The first kappa shape index (κ1) is 23.8. The molecule has 6 rings (SSSR count). The van der Waals surface area contributed by atoms with E-state index >= 15 is 4.39 Å². The van der Waals surface area contributed by atoms with Gasteiger partial charge in [0.2, 0.25) is 5.95 Å². The van der Waals surface area contributed by atoms with Crippen LogP contribution >= 0.6 is 0 Å². The molecule has 0 spiro atoms. The molecule has 2 N–H and O–H groups in total. The minimum atomic E-state index is -0.955. The molecular formula is C27H31FN6O3. The highest BCUT2D eigenvalue weighted by Crippen LogP contribution is 2.39. The number of aromatic hydroxyl groups is 1. The number of phenolic OH excluding ortho intramolecular Hbond substituents is 1. The smallest absolute Gasteiger partial charge is 0.256 e. The summed E-state index contributed by atoms with van der Waals surface area (Å²) < 4.78 is 26.0. The van der Waals surface area contributed by atoms with E-state index < -0.39 is 6.17 Å². The van der Waals surface area contributed by atoms with Crippen LogP contribution in [0.15, 0.2) is 36.7 Å². The van der Waals surface area contributed by atoms with Gasteiger partial charge in [0.1, 0.15) is 17.6 Å². The van der Waals surface area contributed by atoms with Crippen molar-refractivity contribution in [2.75, 3.05) is 19.1 Å². The fourth-order valence-electron chi connectivity index (χ4n) is 5.71. The highest BCUT2D eigenvalue weighted by Gasteiger charge is 2.47. The number of pyridine rings is 1. The van der Waals surface area contributed by atoms with Gasteiger partial charge in [-0.15, -0.1) is 10.2 Å². The lowest BCUT2D eigenvalue weighted by molar-refractivity contribution is 0.103. The minimum absolute atomic E-state index is 0.0465. The van der Waals surface area contributed by atoms with Gasteiger partial charge in [0.15, 0.2) is 5.75 Å². The fraction of sp³-hybridized carbons (Fsp3) is 0.481. The number of ether oxygens (including phenoxy) is 2. The quantitative estimate of drug-likeness (QED) is 0.493. The summed E-state index contributed by atoms with van der Waals surface area (Å²) in [6.07, 6.45) is 8.15. The van der Waals surface area contributed by atoms with Crippen LogP contribution in [0.5, 0.6) is 17.4 Å². The van der Waals surface area contributed by atoms with Crippen LogP contribution in [0.25, 0.3) is 22.4 Å². The molecule has 2 bridgehead atoms. The Hall–Kier alpha value is -3.53. The number of rotatable bonds is 7. The van der Waals surface area contributed by atoms with Crippen LogP contribution in [0.4, 0.5) is 10.3 Å². The van der Waals surface area contributed by atoms with Gasteiger partial charge in [0.25, 0.3) is 5.88 Å². The molecular weight excluding hydrogens is 475 g/mol. The van der Waals surface area contributed by atoms with Crippen molar-refractivity contribution in [3.63, 3.8) is 0 Å². The molecule has 1 aromatic carbocycles. The van der Waals surface area contributed by atoms with Crippen LogP contribution < -0.4 is 19.7 Å². The van der Waals surface area contributed by atoms with E-state index in [1.54, 1.807) is 37.7 Å². The van der Waals surface area contributed by atoms with Gasteiger partial charge in [-0.1, -0.05) is 12.5 Å². The number of methoxy groups -OCH3 is 2. The zero-order valence-corrected chi connectivity index (χ0v) is 21.0. The number of hydrogen-bond acceptors (Lipinski definition) is 9. The maximum absolute atomic E-state index is 15.5. The molecule has 2 aromatic heterocycles. The number of nitrogens with zero attached hydrogens (tertiary/aromatic N) is 5. The van der Waals surface area contributed by atoms with Crippen LogP contribution in [-0.4, -0.2) is 69.8 Å². The Morgan fingerprint density at radius 1 is 1.00 bits per heavy atom. The second kappa shape index (κ2) is 9.74. The normalized spacial score (nSPS) is 24.9. The SMILES string of the molecule is COc1cc(-c2ccc(-c3cnc(N(C4CC4)[C@H]4C[C@@H]5CCC[C@H](N5)[C@H]4F)nn3)c(O)c2)cnc1OC. The lowest BCUT2D eigenvalue weighted by Gasteiger charge is -2.46. The molecule has 3 aliphatic rings. The zero-order chi connectivity index (χ0) is 25.5. The Labute approximate surface area is 215 Å². The number of benzene rings is 1. The molecule has 4 heterocycles. The average Bonchev–Trinajstić information content (AvgIpc) is 3.77. The Bertz CT molecular complexity index is 1270. The van der Waals surface area contributed by atoms with E-state index in [9.17, 15) is 5.11 Å². The van der Waals surface area contributed by atoms with Crippen molar-refractivity contribution in [2.24, 2.45) is 0 Å². The molecule has 0 amide bonds. The lowest BCUT2D eigenvalue weighted by Crippen LogP contribution is -2.62. The second-order valence-corrected chi connectivity index (χ2v) is 10.1. The van der Waals surface area contributed by atoms with Crippen LogP contribution in [0.1, 0.15) is 38.5 Å². The highest BCUT2D eigenvalue weighted by molar-refractivity contribution is 5.74. The van der Waals surface area contributed by atoms with Crippen molar-refractivity contribution >= 4 is 5.95 Å². The Morgan fingerprint density at radius 3 is 2.57 bits per heavy atom. The van der Waals surface area contributed by atoms with Gasteiger partial charge in [0, 0.05) is 35.4 Å². The third-order valence-electron chi connectivity index (χ3n) is 7.71. The summed E-state index contributed by atoms with van der Waals surface area (Å²) in [7, 11) is 3.08. The van der Waals surface area contributed by atoms with E-state index in [1.807, 2.05) is 6.07 Å². The summed E-state index contributed by atoms with van der Waals surface area (Å²) in [4.78, 5) is 10.9. The van der Waals surface area contributed by atoms with E-state index in [0.717, 1.165) is 49.7 Å². The predicted octanol–water partition coefficient (Wildman–Crippen LogP) is 3.91. The van der Waals surface area contributed by atoms with Gasteiger partial charge >= 0.3 is 0 Å². The monoisotopic (exact) mass is 506 g/mol. The van der Waals surface area contributed by atoms with E-state index in [2.05, 4.69) is 30.4 Å². The Balaban J connectivity index is 1.25. The Kier molecular flexibility index (Phi) is 6.27. The van der Waals surface area contributed by atoms with Crippen molar-refractivity contribution in [1.82, 2.24) is 25.5 Å². The molecule has 3 aromatic rings. The molecule has 0 radical (unpaired) electrons. The summed E-state index contributed by atoms with van der Waals surface area (Å²) in [6.45, 7) is 0. The van der Waals surface area contributed by atoms with E-state index in [-0.39, 0.29) is 23.9 Å². The molecule has 2 saturated heterocycles. The summed E-state index contributed by atoms with van der Waals surface area (Å²) >= 11 is 0. The summed E-state index contributed by atoms with van der Waals surface area (Å²) in [6, 6.07) is 7.37. The molecule has 37 heavy (non-hydrogen) atoms.